The van der Waals surface area contributed by atoms with Crippen LogP contribution < -0.4 is 0 Å². The van der Waals surface area contributed by atoms with Crippen molar-refractivity contribution in [2.45, 2.75) is 50.6 Å². The molecule has 1 N–H and O–H groups in total. The van der Waals surface area contributed by atoms with E-state index in [-0.39, 0.29) is 0 Å². The van der Waals surface area contributed by atoms with Crippen molar-refractivity contribution in [3.8, 4) is 0 Å². The van der Waals surface area contributed by atoms with Crippen LogP contribution in [0.2, 0.25) is 0 Å². The zero-order chi connectivity index (χ0) is 8.89. The van der Waals surface area contributed by atoms with Gasteiger partial charge in [0.15, 0.2) is 0 Å². The van der Waals surface area contributed by atoms with Gasteiger partial charge in [0.1, 0.15) is 0 Å². The average molecular weight is 181 g/mol. The number of aliphatic hydroxyl groups is 1. The van der Waals surface area contributed by atoms with Crippen LogP contribution in [0.25, 0.3) is 0 Å². The predicted molar refractivity (Wildman–Crippen MR) is 51.5 cm³/mol. The molecule has 0 aromatic carbocycles. The summed E-state index contributed by atoms with van der Waals surface area (Å²) >= 11 is 0. The van der Waals surface area contributed by atoms with Gasteiger partial charge in [-0.2, -0.15) is 0 Å². The topological polar surface area (TPSA) is 23.5 Å². The van der Waals surface area contributed by atoms with Gasteiger partial charge < -0.3 is 5.11 Å². The van der Waals surface area contributed by atoms with E-state index in [1.807, 2.05) is 0 Å². The first-order valence-electron chi connectivity index (χ1n) is 5.70. The summed E-state index contributed by atoms with van der Waals surface area (Å²) in [6, 6.07) is 1.77. The Kier molecular flexibility index (Phi) is 1.72. The second-order valence-electron chi connectivity index (χ2n) is 5.29. The molecule has 1 saturated carbocycles. The first kappa shape index (κ1) is 8.25. The van der Waals surface area contributed by atoms with Crippen LogP contribution in [0.1, 0.15) is 38.5 Å². The Morgan fingerprint density at radius 2 is 1.62 bits per heavy atom. The highest BCUT2D eigenvalue weighted by Gasteiger charge is 2.48. The summed E-state index contributed by atoms with van der Waals surface area (Å²) in [5, 5.41) is 9.28. The Balaban J connectivity index is 1.67. The predicted octanol–water partition coefficient (Wildman–Crippen LogP) is 1.39. The van der Waals surface area contributed by atoms with Gasteiger partial charge in [-0.25, -0.2) is 0 Å². The fourth-order valence-electron chi connectivity index (χ4n) is 3.21. The van der Waals surface area contributed by atoms with E-state index in [2.05, 4.69) is 4.90 Å². The molecule has 0 amide bonds. The second-order valence-corrected chi connectivity index (χ2v) is 5.29. The number of nitrogens with zero attached hydrogens (tertiary/aromatic N) is 1. The molecular weight excluding hydrogens is 162 g/mol. The highest BCUT2D eigenvalue weighted by atomic mass is 16.3. The van der Waals surface area contributed by atoms with Crippen molar-refractivity contribution in [2.24, 2.45) is 5.41 Å². The molecule has 3 rings (SSSR count). The van der Waals surface area contributed by atoms with E-state index in [1.165, 1.54) is 45.1 Å². The van der Waals surface area contributed by atoms with Crippen LogP contribution in [0.5, 0.6) is 0 Å². The maximum absolute atomic E-state index is 9.28. The van der Waals surface area contributed by atoms with Crippen LogP contribution in [0.3, 0.4) is 0 Å². The smallest absolute Gasteiger partial charge is 0.0499 e. The Bertz CT molecular complexity index is 192. The third-order valence-corrected chi connectivity index (χ3v) is 4.41. The van der Waals surface area contributed by atoms with Gasteiger partial charge in [-0.3, -0.25) is 4.90 Å². The maximum Gasteiger partial charge on any atom is 0.0499 e. The van der Waals surface area contributed by atoms with Crippen LogP contribution in [0.4, 0.5) is 0 Å². The third kappa shape index (κ3) is 1.23. The van der Waals surface area contributed by atoms with Crippen molar-refractivity contribution in [1.82, 2.24) is 4.90 Å². The molecule has 2 aliphatic heterocycles. The lowest BCUT2D eigenvalue weighted by molar-refractivity contribution is 0.138. The maximum atomic E-state index is 9.28. The summed E-state index contributed by atoms with van der Waals surface area (Å²) in [4.78, 5) is 2.70. The van der Waals surface area contributed by atoms with Gasteiger partial charge >= 0.3 is 0 Å². The molecule has 0 radical (unpaired) electrons. The number of fused-ring (bicyclic) bond motifs is 2. The molecule has 3 aliphatic rings. The van der Waals surface area contributed by atoms with Crippen LogP contribution >= 0.6 is 0 Å². The number of rotatable bonds is 3. The van der Waals surface area contributed by atoms with Crippen molar-refractivity contribution in [3.05, 3.63) is 0 Å². The summed E-state index contributed by atoms with van der Waals surface area (Å²) < 4.78 is 0. The van der Waals surface area contributed by atoms with Gasteiger partial charge in [0, 0.05) is 30.7 Å². The molecule has 2 nitrogen and oxygen atoms in total. The van der Waals surface area contributed by atoms with E-state index < -0.39 is 0 Å². The third-order valence-electron chi connectivity index (χ3n) is 4.41. The second kappa shape index (κ2) is 2.71. The largest absolute Gasteiger partial charge is 0.396 e. The molecule has 0 aromatic heterocycles. The molecule has 0 atom stereocenters. The Morgan fingerprint density at radius 3 is 2.00 bits per heavy atom. The van der Waals surface area contributed by atoms with E-state index in [1.54, 1.807) is 0 Å². The monoisotopic (exact) mass is 181 g/mol. The lowest BCUT2D eigenvalue weighted by Gasteiger charge is -2.26. The van der Waals surface area contributed by atoms with Crippen LogP contribution in [-0.2, 0) is 0 Å². The van der Waals surface area contributed by atoms with Crippen molar-refractivity contribution in [3.63, 3.8) is 0 Å². The summed E-state index contributed by atoms with van der Waals surface area (Å²) in [5.41, 5.74) is 0.338. The Morgan fingerprint density at radius 1 is 1.08 bits per heavy atom. The van der Waals surface area contributed by atoms with Gasteiger partial charge in [-0.1, -0.05) is 0 Å². The van der Waals surface area contributed by atoms with Crippen molar-refractivity contribution in [2.75, 3.05) is 13.2 Å². The van der Waals surface area contributed by atoms with Crippen LogP contribution in [-0.4, -0.2) is 35.2 Å². The van der Waals surface area contributed by atoms with Gasteiger partial charge in [-0.05, 0) is 38.5 Å². The number of hydrogen-bond acceptors (Lipinski definition) is 2. The molecule has 0 aromatic rings. The average Bonchev–Trinajstić information content (AvgIpc) is 2.75. The van der Waals surface area contributed by atoms with Gasteiger partial charge in [0.25, 0.3) is 0 Å². The summed E-state index contributed by atoms with van der Waals surface area (Å²) in [7, 11) is 0. The van der Waals surface area contributed by atoms with Crippen LogP contribution in [0, 0.1) is 5.41 Å². The van der Waals surface area contributed by atoms with Gasteiger partial charge in [-0.15, -0.1) is 0 Å². The molecule has 2 saturated heterocycles. The van der Waals surface area contributed by atoms with E-state index in [4.69, 9.17) is 0 Å². The molecular formula is C11H19NO. The summed E-state index contributed by atoms with van der Waals surface area (Å²) in [5.74, 6) is 0. The van der Waals surface area contributed by atoms with E-state index in [0.29, 0.717) is 12.0 Å². The van der Waals surface area contributed by atoms with E-state index in [0.717, 1.165) is 12.1 Å². The molecule has 2 heteroatoms. The minimum Gasteiger partial charge on any atom is -0.396 e. The molecule has 3 fully saturated rings. The standard InChI is InChI=1S/C11H19NO/c13-8-11(5-6-11)7-12-9-1-2-10(12)4-3-9/h9-10,13H,1-8H2. The molecule has 0 unspecified atom stereocenters. The van der Waals surface area contributed by atoms with Crippen molar-refractivity contribution < 1.29 is 5.11 Å². The molecule has 0 spiro atoms. The molecule has 1 aliphatic carbocycles. The Labute approximate surface area is 79.9 Å². The molecule has 2 bridgehead atoms. The minimum absolute atomic E-state index is 0.338. The van der Waals surface area contributed by atoms with Gasteiger partial charge in [0.2, 0.25) is 0 Å². The number of hydrogen-bond donors (Lipinski definition) is 1. The Hall–Kier alpha value is -0.0800. The fourth-order valence-corrected chi connectivity index (χ4v) is 3.21. The number of aliphatic hydroxyl groups excluding tert-OH is 1. The summed E-state index contributed by atoms with van der Waals surface area (Å²) in [6.45, 7) is 1.61. The first-order valence-corrected chi connectivity index (χ1v) is 5.70. The van der Waals surface area contributed by atoms with E-state index >= 15 is 0 Å². The molecule has 13 heavy (non-hydrogen) atoms. The van der Waals surface area contributed by atoms with Crippen LogP contribution in [0.15, 0.2) is 0 Å². The molecule has 74 valence electrons. The SMILES string of the molecule is OCC1(CN2C3CCC2CC3)CC1. The van der Waals surface area contributed by atoms with Gasteiger partial charge in [0.05, 0.1) is 0 Å². The van der Waals surface area contributed by atoms with Crippen molar-refractivity contribution >= 4 is 0 Å². The molecule has 2 heterocycles. The quantitative estimate of drug-likeness (QED) is 0.711. The highest BCUT2D eigenvalue weighted by Crippen LogP contribution is 2.49. The lowest BCUT2D eigenvalue weighted by atomic mass is 10.0. The first-order chi connectivity index (χ1) is 6.33. The zero-order valence-electron chi connectivity index (χ0n) is 8.21. The highest BCUT2D eigenvalue weighted by molar-refractivity contribution is 5.02. The lowest BCUT2D eigenvalue weighted by Crippen LogP contribution is -2.35. The summed E-state index contributed by atoms with van der Waals surface area (Å²) in [6.07, 6.45) is 8.22. The minimum atomic E-state index is 0.338. The zero-order valence-corrected chi connectivity index (χ0v) is 8.21. The van der Waals surface area contributed by atoms with E-state index in [9.17, 15) is 5.11 Å². The fraction of sp³-hybridized carbons (Fsp3) is 1.00. The normalized spacial score (nSPS) is 41.3. The van der Waals surface area contributed by atoms with Crippen molar-refractivity contribution in [1.29, 1.82) is 0 Å².